The molecule has 88 valence electrons. The molecule has 2 rings (SSSR count). The second kappa shape index (κ2) is 5.50. The topological polar surface area (TPSA) is 38.3 Å². The number of hydrogen-bond donors (Lipinski definition) is 1. The van der Waals surface area contributed by atoms with E-state index >= 15 is 0 Å². The van der Waals surface area contributed by atoms with Crippen LogP contribution >= 0.6 is 11.3 Å². The molecule has 3 nitrogen and oxygen atoms in total. The molecule has 0 fully saturated rings. The van der Waals surface area contributed by atoms with Gasteiger partial charge in [0.15, 0.2) is 0 Å². The predicted octanol–water partition coefficient (Wildman–Crippen LogP) is 3.15. The minimum atomic E-state index is -0.367. The van der Waals surface area contributed by atoms with Crippen LogP contribution in [-0.4, -0.2) is 12.0 Å². The number of benzene rings is 1. The van der Waals surface area contributed by atoms with E-state index in [1.54, 1.807) is 30.4 Å². The Morgan fingerprint density at radius 1 is 1.24 bits per heavy atom. The molecule has 1 aromatic heterocycles. The third kappa shape index (κ3) is 3.32. The van der Waals surface area contributed by atoms with Crippen molar-refractivity contribution in [1.82, 2.24) is 0 Å². The lowest BCUT2D eigenvalue weighted by Crippen LogP contribution is -2.29. The lowest BCUT2D eigenvalue weighted by molar-refractivity contribution is -0.134. The van der Waals surface area contributed by atoms with E-state index in [1.807, 2.05) is 35.7 Å². The standard InChI is InChI=1S/C13H13NO2S/c1-10(14-12-8-5-9-17-12)13(15)16-11-6-3-2-4-7-11/h2-10,14H,1H3/t10-/m0/s1. The first kappa shape index (κ1) is 11.7. The van der Waals surface area contributed by atoms with Gasteiger partial charge in [0.2, 0.25) is 0 Å². The molecule has 0 saturated heterocycles. The Labute approximate surface area is 104 Å². The summed E-state index contributed by atoms with van der Waals surface area (Å²) in [6, 6.07) is 12.6. The van der Waals surface area contributed by atoms with Gasteiger partial charge in [-0.1, -0.05) is 18.2 Å². The van der Waals surface area contributed by atoms with Gasteiger partial charge < -0.3 is 10.1 Å². The second-order valence-electron chi connectivity index (χ2n) is 3.58. The Bertz CT molecular complexity index is 467. The Morgan fingerprint density at radius 2 is 2.00 bits per heavy atom. The van der Waals surface area contributed by atoms with Crippen molar-refractivity contribution < 1.29 is 9.53 Å². The maximum absolute atomic E-state index is 11.8. The van der Waals surface area contributed by atoms with Crippen LogP contribution in [0.5, 0.6) is 5.75 Å². The van der Waals surface area contributed by atoms with Crippen molar-refractivity contribution >= 4 is 22.3 Å². The summed E-state index contributed by atoms with van der Waals surface area (Å²) in [6.07, 6.45) is 0. The van der Waals surface area contributed by atoms with Crippen LogP contribution in [-0.2, 0) is 4.79 Å². The van der Waals surface area contributed by atoms with Crippen LogP contribution in [0.3, 0.4) is 0 Å². The summed E-state index contributed by atoms with van der Waals surface area (Å²) in [5, 5.41) is 6.00. The van der Waals surface area contributed by atoms with Crippen molar-refractivity contribution in [2.75, 3.05) is 5.32 Å². The quantitative estimate of drug-likeness (QED) is 0.666. The number of esters is 1. The predicted molar refractivity (Wildman–Crippen MR) is 69.5 cm³/mol. The summed E-state index contributed by atoms with van der Waals surface area (Å²) in [4.78, 5) is 11.8. The molecule has 0 spiro atoms. The average molecular weight is 247 g/mol. The molecule has 17 heavy (non-hydrogen) atoms. The Morgan fingerprint density at radius 3 is 2.65 bits per heavy atom. The molecule has 1 aromatic carbocycles. The molecule has 1 atom stereocenters. The molecule has 1 N–H and O–H groups in total. The van der Waals surface area contributed by atoms with E-state index in [2.05, 4.69) is 5.32 Å². The third-order valence-electron chi connectivity index (χ3n) is 2.20. The highest BCUT2D eigenvalue weighted by atomic mass is 32.1. The smallest absolute Gasteiger partial charge is 0.333 e. The molecule has 0 amide bonds. The van der Waals surface area contributed by atoms with Crippen LogP contribution in [0.15, 0.2) is 47.8 Å². The zero-order valence-corrected chi connectivity index (χ0v) is 10.2. The molecule has 4 heteroatoms. The van der Waals surface area contributed by atoms with E-state index < -0.39 is 0 Å². The zero-order valence-electron chi connectivity index (χ0n) is 9.42. The van der Waals surface area contributed by atoms with Crippen LogP contribution in [0, 0.1) is 0 Å². The fourth-order valence-electron chi connectivity index (χ4n) is 1.33. The van der Waals surface area contributed by atoms with E-state index in [1.165, 1.54) is 0 Å². The van der Waals surface area contributed by atoms with E-state index in [0.717, 1.165) is 5.00 Å². The Kier molecular flexibility index (Phi) is 3.77. The van der Waals surface area contributed by atoms with E-state index in [4.69, 9.17) is 4.74 Å². The summed E-state index contributed by atoms with van der Waals surface area (Å²) in [5.74, 6) is 0.280. The van der Waals surface area contributed by atoms with Gasteiger partial charge in [0.1, 0.15) is 11.8 Å². The number of carbonyl (C=O) groups excluding carboxylic acids is 1. The van der Waals surface area contributed by atoms with Crippen molar-refractivity contribution in [1.29, 1.82) is 0 Å². The van der Waals surface area contributed by atoms with Crippen LogP contribution in [0.1, 0.15) is 6.92 Å². The molecule has 0 aliphatic carbocycles. The lowest BCUT2D eigenvalue weighted by Gasteiger charge is -2.12. The van der Waals surface area contributed by atoms with Gasteiger partial charge in [0.25, 0.3) is 0 Å². The summed E-state index contributed by atoms with van der Waals surface area (Å²) in [7, 11) is 0. The number of thiophene rings is 1. The molecule has 0 radical (unpaired) electrons. The van der Waals surface area contributed by atoms with Crippen molar-refractivity contribution in [2.24, 2.45) is 0 Å². The SMILES string of the molecule is C[C@H](Nc1cccs1)C(=O)Oc1ccccc1. The number of ether oxygens (including phenoxy) is 1. The van der Waals surface area contributed by atoms with Crippen LogP contribution in [0.4, 0.5) is 5.00 Å². The van der Waals surface area contributed by atoms with Crippen molar-refractivity contribution in [2.45, 2.75) is 13.0 Å². The molecule has 0 saturated carbocycles. The number of rotatable bonds is 4. The van der Waals surface area contributed by atoms with Gasteiger partial charge in [0, 0.05) is 0 Å². The van der Waals surface area contributed by atoms with Crippen LogP contribution in [0.2, 0.25) is 0 Å². The maximum Gasteiger partial charge on any atom is 0.333 e. The highest BCUT2D eigenvalue weighted by Crippen LogP contribution is 2.17. The molecule has 2 aromatic rings. The monoisotopic (exact) mass is 247 g/mol. The first-order valence-corrected chi connectivity index (χ1v) is 6.20. The molecule has 0 unspecified atom stereocenters. The molecular weight excluding hydrogens is 234 g/mol. The maximum atomic E-state index is 11.8. The Hall–Kier alpha value is -1.81. The highest BCUT2D eigenvalue weighted by Gasteiger charge is 2.15. The van der Waals surface area contributed by atoms with Gasteiger partial charge in [-0.3, -0.25) is 0 Å². The second-order valence-corrected chi connectivity index (χ2v) is 4.53. The summed E-state index contributed by atoms with van der Waals surface area (Å²) in [5.41, 5.74) is 0. The number of para-hydroxylation sites is 1. The normalized spacial score (nSPS) is 11.8. The number of carbonyl (C=O) groups is 1. The van der Waals surface area contributed by atoms with Gasteiger partial charge in [-0.2, -0.15) is 0 Å². The summed E-state index contributed by atoms with van der Waals surface area (Å²) >= 11 is 1.56. The van der Waals surface area contributed by atoms with Gasteiger partial charge in [-0.15, -0.1) is 11.3 Å². The summed E-state index contributed by atoms with van der Waals surface area (Å²) in [6.45, 7) is 1.78. The van der Waals surface area contributed by atoms with Crippen molar-refractivity contribution in [3.63, 3.8) is 0 Å². The van der Waals surface area contributed by atoms with Crippen molar-refractivity contribution in [3.05, 3.63) is 47.8 Å². The minimum Gasteiger partial charge on any atom is -0.425 e. The minimum absolute atomic E-state index is 0.287. The number of hydrogen-bond acceptors (Lipinski definition) is 4. The zero-order chi connectivity index (χ0) is 12.1. The first-order valence-electron chi connectivity index (χ1n) is 5.32. The number of nitrogens with one attached hydrogen (secondary N) is 1. The molecule has 0 aliphatic rings. The van der Waals surface area contributed by atoms with Gasteiger partial charge in [0.05, 0.1) is 5.00 Å². The van der Waals surface area contributed by atoms with E-state index in [9.17, 15) is 4.79 Å². The molecule has 1 heterocycles. The third-order valence-corrected chi connectivity index (χ3v) is 3.00. The van der Waals surface area contributed by atoms with Crippen molar-refractivity contribution in [3.8, 4) is 5.75 Å². The molecule has 0 aliphatic heterocycles. The Balaban J connectivity index is 1.92. The fraction of sp³-hybridized carbons (Fsp3) is 0.154. The van der Waals surface area contributed by atoms with E-state index in [-0.39, 0.29) is 12.0 Å². The van der Waals surface area contributed by atoms with Gasteiger partial charge >= 0.3 is 5.97 Å². The summed E-state index contributed by atoms with van der Waals surface area (Å²) < 4.78 is 5.23. The van der Waals surface area contributed by atoms with E-state index in [0.29, 0.717) is 5.75 Å². The first-order chi connectivity index (χ1) is 8.25. The molecular formula is C13H13NO2S. The fourth-order valence-corrected chi connectivity index (χ4v) is 2.03. The van der Waals surface area contributed by atoms with Crippen LogP contribution in [0.25, 0.3) is 0 Å². The molecule has 0 bridgehead atoms. The van der Waals surface area contributed by atoms with Gasteiger partial charge in [-0.25, -0.2) is 4.79 Å². The van der Waals surface area contributed by atoms with Gasteiger partial charge in [-0.05, 0) is 36.6 Å². The lowest BCUT2D eigenvalue weighted by atomic mass is 10.3. The average Bonchev–Trinajstić information content (AvgIpc) is 2.83. The van der Waals surface area contributed by atoms with Crippen LogP contribution < -0.4 is 10.1 Å². The number of anilines is 1. The largest absolute Gasteiger partial charge is 0.425 e. The highest BCUT2D eigenvalue weighted by molar-refractivity contribution is 7.14.